The third kappa shape index (κ3) is 4.73. The zero-order valence-electron chi connectivity index (χ0n) is 17.9. The smallest absolute Gasteiger partial charge is 0.255 e. The van der Waals surface area contributed by atoms with E-state index in [0.29, 0.717) is 29.4 Å². The van der Waals surface area contributed by atoms with Crippen LogP contribution in [0.2, 0.25) is 0 Å². The van der Waals surface area contributed by atoms with E-state index in [9.17, 15) is 9.59 Å². The largest absolute Gasteiger partial charge is 0.497 e. The molecule has 0 radical (unpaired) electrons. The first-order valence-electron chi connectivity index (χ1n) is 10.3. The van der Waals surface area contributed by atoms with E-state index in [0.717, 1.165) is 17.0 Å². The Hall–Kier alpha value is -3.45. The van der Waals surface area contributed by atoms with Gasteiger partial charge in [-0.25, -0.2) is 0 Å². The molecule has 0 aliphatic carbocycles. The highest BCUT2D eigenvalue weighted by Gasteiger charge is 2.34. The quantitative estimate of drug-likeness (QED) is 0.543. The monoisotopic (exact) mass is 448 g/mol. The Kier molecular flexibility index (Phi) is 6.66. The number of nitrogens with one attached hydrogen (secondary N) is 1. The van der Waals surface area contributed by atoms with Gasteiger partial charge in [-0.1, -0.05) is 18.2 Å². The van der Waals surface area contributed by atoms with E-state index in [1.807, 2.05) is 60.4 Å². The van der Waals surface area contributed by atoms with Crippen molar-refractivity contribution in [2.24, 2.45) is 0 Å². The number of methoxy groups -OCH3 is 1. The molecule has 1 aliphatic heterocycles. The summed E-state index contributed by atoms with van der Waals surface area (Å²) >= 11 is 1.59. The number of hydrogen-bond donors (Lipinski definition) is 1. The normalized spacial score (nSPS) is 15.5. The number of carbonyl (C=O) groups is 2. The molecule has 3 aromatic carbocycles. The number of ether oxygens (including phenoxy) is 2. The molecule has 0 spiro atoms. The maximum Gasteiger partial charge on any atom is 0.255 e. The fraction of sp³-hybridized carbons (Fsp3) is 0.200. The molecular weight excluding hydrogens is 424 g/mol. The predicted octanol–water partition coefficient (Wildman–Crippen LogP) is 5.12. The standard InChI is InChI=1S/C25H24N2O4S/c1-3-31-21-13-11-20(12-14-21)27-23(28)16-32-25(27)17-7-9-19(10-8-17)26-24(29)18-5-4-6-22(15-18)30-2/h4-15,25H,3,16H2,1-2H3,(H,26,29). The van der Waals surface area contributed by atoms with Crippen LogP contribution in [0.3, 0.4) is 0 Å². The molecule has 0 saturated carbocycles. The summed E-state index contributed by atoms with van der Waals surface area (Å²) in [6, 6.07) is 22.2. The number of amides is 2. The molecule has 3 aromatic rings. The minimum absolute atomic E-state index is 0.0690. The maximum absolute atomic E-state index is 12.6. The molecule has 164 valence electrons. The lowest BCUT2D eigenvalue weighted by atomic mass is 10.1. The third-order valence-corrected chi connectivity index (χ3v) is 6.29. The van der Waals surface area contributed by atoms with Gasteiger partial charge in [0.05, 0.1) is 19.5 Å². The molecular formula is C25H24N2O4S. The van der Waals surface area contributed by atoms with Crippen LogP contribution in [0, 0.1) is 0 Å². The van der Waals surface area contributed by atoms with E-state index < -0.39 is 0 Å². The van der Waals surface area contributed by atoms with Crippen molar-refractivity contribution in [2.75, 3.05) is 29.7 Å². The van der Waals surface area contributed by atoms with Crippen molar-refractivity contribution >= 4 is 35.0 Å². The van der Waals surface area contributed by atoms with Gasteiger partial charge in [0, 0.05) is 16.9 Å². The van der Waals surface area contributed by atoms with Crippen LogP contribution in [0.5, 0.6) is 11.5 Å². The Bertz CT molecular complexity index is 1100. The van der Waals surface area contributed by atoms with E-state index in [1.165, 1.54) is 0 Å². The average molecular weight is 449 g/mol. The minimum Gasteiger partial charge on any atom is -0.497 e. The molecule has 1 saturated heterocycles. The second kappa shape index (κ2) is 9.78. The van der Waals surface area contributed by atoms with Crippen LogP contribution in [-0.2, 0) is 4.79 Å². The number of benzene rings is 3. The van der Waals surface area contributed by atoms with E-state index in [4.69, 9.17) is 9.47 Å². The zero-order chi connectivity index (χ0) is 22.5. The fourth-order valence-corrected chi connectivity index (χ4v) is 4.70. The van der Waals surface area contributed by atoms with E-state index in [1.54, 1.807) is 43.1 Å². The summed E-state index contributed by atoms with van der Waals surface area (Å²) in [4.78, 5) is 27.0. The summed E-state index contributed by atoms with van der Waals surface area (Å²) < 4.78 is 10.7. The van der Waals surface area contributed by atoms with Gasteiger partial charge in [-0.15, -0.1) is 11.8 Å². The Balaban J connectivity index is 1.48. The highest BCUT2D eigenvalue weighted by atomic mass is 32.2. The van der Waals surface area contributed by atoms with Crippen LogP contribution in [0.15, 0.2) is 72.8 Å². The summed E-state index contributed by atoms with van der Waals surface area (Å²) in [7, 11) is 1.57. The van der Waals surface area contributed by atoms with Crippen molar-refractivity contribution in [2.45, 2.75) is 12.3 Å². The van der Waals surface area contributed by atoms with Crippen molar-refractivity contribution < 1.29 is 19.1 Å². The molecule has 7 heteroatoms. The molecule has 1 fully saturated rings. The molecule has 0 bridgehead atoms. The van der Waals surface area contributed by atoms with Gasteiger partial charge in [0.25, 0.3) is 5.91 Å². The van der Waals surface area contributed by atoms with Gasteiger partial charge in [-0.3, -0.25) is 14.5 Å². The van der Waals surface area contributed by atoms with Crippen molar-refractivity contribution in [3.8, 4) is 11.5 Å². The van der Waals surface area contributed by atoms with Crippen LogP contribution in [-0.4, -0.2) is 31.3 Å². The maximum atomic E-state index is 12.6. The molecule has 2 amide bonds. The number of nitrogens with zero attached hydrogens (tertiary/aromatic N) is 1. The Morgan fingerprint density at radius 1 is 1.06 bits per heavy atom. The van der Waals surface area contributed by atoms with Crippen LogP contribution in [0.1, 0.15) is 28.2 Å². The number of hydrogen-bond acceptors (Lipinski definition) is 5. The summed E-state index contributed by atoms with van der Waals surface area (Å²) in [5, 5.41) is 2.78. The number of thioether (sulfide) groups is 1. The molecule has 1 N–H and O–H groups in total. The van der Waals surface area contributed by atoms with Gasteiger partial charge in [0.15, 0.2) is 0 Å². The molecule has 32 heavy (non-hydrogen) atoms. The second-order valence-electron chi connectivity index (χ2n) is 7.16. The predicted molar refractivity (Wildman–Crippen MR) is 128 cm³/mol. The summed E-state index contributed by atoms with van der Waals surface area (Å²) in [6.45, 7) is 2.54. The van der Waals surface area contributed by atoms with Crippen LogP contribution >= 0.6 is 11.8 Å². The minimum atomic E-state index is -0.210. The lowest BCUT2D eigenvalue weighted by Crippen LogP contribution is -2.27. The first-order chi connectivity index (χ1) is 15.6. The molecule has 1 aliphatic rings. The van der Waals surface area contributed by atoms with Crippen molar-refractivity contribution in [1.82, 2.24) is 0 Å². The number of anilines is 2. The molecule has 0 aromatic heterocycles. The van der Waals surface area contributed by atoms with Crippen LogP contribution < -0.4 is 19.7 Å². The zero-order valence-corrected chi connectivity index (χ0v) is 18.7. The molecule has 4 rings (SSSR count). The number of rotatable bonds is 7. The van der Waals surface area contributed by atoms with Crippen molar-refractivity contribution in [3.63, 3.8) is 0 Å². The third-order valence-electron chi connectivity index (χ3n) is 5.08. The van der Waals surface area contributed by atoms with Gasteiger partial charge in [-0.05, 0) is 67.1 Å². The van der Waals surface area contributed by atoms with Gasteiger partial charge < -0.3 is 14.8 Å². The van der Waals surface area contributed by atoms with Gasteiger partial charge >= 0.3 is 0 Å². The lowest BCUT2D eigenvalue weighted by molar-refractivity contribution is -0.115. The first-order valence-corrected chi connectivity index (χ1v) is 11.4. The summed E-state index contributed by atoms with van der Waals surface area (Å²) in [5.74, 6) is 1.69. The molecule has 1 heterocycles. The molecule has 6 nitrogen and oxygen atoms in total. The van der Waals surface area contributed by atoms with Gasteiger partial charge in [-0.2, -0.15) is 0 Å². The van der Waals surface area contributed by atoms with E-state index in [-0.39, 0.29) is 17.2 Å². The SMILES string of the molecule is CCOc1ccc(N2C(=O)CSC2c2ccc(NC(=O)c3cccc(OC)c3)cc2)cc1. The van der Waals surface area contributed by atoms with Crippen LogP contribution in [0.4, 0.5) is 11.4 Å². The summed E-state index contributed by atoms with van der Waals surface area (Å²) in [6.07, 6.45) is 0. The second-order valence-corrected chi connectivity index (χ2v) is 8.23. The summed E-state index contributed by atoms with van der Waals surface area (Å²) in [5.41, 5.74) is 3.04. The lowest BCUT2D eigenvalue weighted by Gasteiger charge is -2.24. The molecule has 1 atom stereocenters. The van der Waals surface area contributed by atoms with Gasteiger partial charge in [0.1, 0.15) is 16.9 Å². The van der Waals surface area contributed by atoms with E-state index in [2.05, 4.69) is 5.32 Å². The highest BCUT2D eigenvalue weighted by molar-refractivity contribution is 8.00. The Labute approximate surface area is 191 Å². The fourth-order valence-electron chi connectivity index (χ4n) is 3.52. The van der Waals surface area contributed by atoms with E-state index >= 15 is 0 Å². The van der Waals surface area contributed by atoms with Crippen molar-refractivity contribution in [3.05, 3.63) is 83.9 Å². The Morgan fingerprint density at radius 3 is 2.50 bits per heavy atom. The first kappa shape index (κ1) is 21.8. The van der Waals surface area contributed by atoms with Crippen LogP contribution in [0.25, 0.3) is 0 Å². The average Bonchev–Trinajstić information content (AvgIpc) is 3.21. The molecule has 1 unspecified atom stereocenters. The Morgan fingerprint density at radius 2 is 1.81 bits per heavy atom. The number of carbonyl (C=O) groups excluding carboxylic acids is 2. The topological polar surface area (TPSA) is 67.9 Å². The van der Waals surface area contributed by atoms with Gasteiger partial charge in [0.2, 0.25) is 5.91 Å². The highest BCUT2D eigenvalue weighted by Crippen LogP contribution is 2.42. The van der Waals surface area contributed by atoms with Crippen molar-refractivity contribution in [1.29, 1.82) is 0 Å².